The highest BCUT2D eigenvalue weighted by Gasteiger charge is 2.16. The Bertz CT molecular complexity index is 740. The lowest BCUT2D eigenvalue weighted by Gasteiger charge is -2.12. The number of nitrogens with two attached hydrogens (primary N) is 2. The van der Waals surface area contributed by atoms with Crippen LogP contribution in [-0.2, 0) is 10.0 Å². The summed E-state index contributed by atoms with van der Waals surface area (Å²) >= 11 is 0. The zero-order valence-electron chi connectivity index (χ0n) is 11.1. The highest BCUT2D eigenvalue weighted by Crippen LogP contribution is 2.31. The first-order valence-electron chi connectivity index (χ1n) is 5.81. The largest absolute Gasteiger partial charge is 0.455 e. The number of hydrogen-bond donors (Lipinski definition) is 2. The van der Waals surface area contributed by atoms with Gasteiger partial charge in [0, 0.05) is 23.0 Å². The highest BCUT2D eigenvalue weighted by atomic mass is 32.2. The van der Waals surface area contributed by atoms with Gasteiger partial charge < -0.3 is 10.5 Å². The monoisotopic (exact) mass is 293 g/mol. The summed E-state index contributed by atoms with van der Waals surface area (Å²) < 4.78 is 28.6. The zero-order chi connectivity index (χ0) is 14.9. The number of pyridine rings is 1. The van der Waals surface area contributed by atoms with E-state index in [-0.39, 0.29) is 10.6 Å². The Kier molecular flexibility index (Phi) is 3.65. The van der Waals surface area contributed by atoms with Crippen LogP contribution in [0.15, 0.2) is 35.4 Å². The van der Waals surface area contributed by atoms with E-state index >= 15 is 0 Å². The predicted molar refractivity (Wildman–Crippen MR) is 76.0 cm³/mol. The van der Waals surface area contributed by atoms with Crippen molar-refractivity contribution in [3.05, 3.63) is 41.7 Å². The van der Waals surface area contributed by atoms with Crippen LogP contribution in [0.3, 0.4) is 0 Å². The number of anilines is 1. The van der Waals surface area contributed by atoms with Crippen LogP contribution < -0.4 is 15.6 Å². The molecule has 0 aliphatic carbocycles. The molecule has 0 spiro atoms. The Hall–Kier alpha value is -2.12. The van der Waals surface area contributed by atoms with Gasteiger partial charge >= 0.3 is 0 Å². The van der Waals surface area contributed by atoms with Crippen LogP contribution in [0.5, 0.6) is 11.5 Å². The molecule has 0 saturated carbocycles. The van der Waals surface area contributed by atoms with Crippen molar-refractivity contribution in [3.8, 4) is 11.5 Å². The molecule has 106 valence electrons. The average molecular weight is 293 g/mol. The normalized spacial score (nSPS) is 11.3. The number of benzene rings is 1. The highest BCUT2D eigenvalue weighted by molar-refractivity contribution is 7.89. The minimum Gasteiger partial charge on any atom is -0.455 e. The average Bonchev–Trinajstić information content (AvgIpc) is 2.35. The molecule has 2 rings (SSSR count). The molecule has 0 amide bonds. The van der Waals surface area contributed by atoms with Gasteiger partial charge in [-0.3, -0.25) is 4.98 Å². The second kappa shape index (κ2) is 5.10. The smallest absolute Gasteiger partial charge is 0.238 e. The second-order valence-electron chi connectivity index (χ2n) is 4.42. The maximum absolute atomic E-state index is 11.5. The van der Waals surface area contributed by atoms with Crippen molar-refractivity contribution in [2.75, 3.05) is 5.73 Å². The van der Waals surface area contributed by atoms with Crippen molar-refractivity contribution in [2.24, 2.45) is 5.14 Å². The molecule has 7 heteroatoms. The van der Waals surface area contributed by atoms with Gasteiger partial charge in [-0.15, -0.1) is 0 Å². The van der Waals surface area contributed by atoms with Crippen molar-refractivity contribution in [2.45, 2.75) is 18.7 Å². The van der Waals surface area contributed by atoms with Crippen molar-refractivity contribution < 1.29 is 13.2 Å². The lowest BCUT2D eigenvalue weighted by Crippen LogP contribution is -2.14. The molecule has 1 aromatic heterocycles. The molecule has 0 fully saturated rings. The van der Waals surface area contributed by atoms with Gasteiger partial charge in [-0.2, -0.15) is 0 Å². The number of aryl methyl sites for hydroxylation is 1. The van der Waals surface area contributed by atoms with Gasteiger partial charge in [0.1, 0.15) is 11.5 Å². The fourth-order valence-corrected chi connectivity index (χ4v) is 2.55. The molecule has 0 unspecified atom stereocenters. The number of rotatable bonds is 3. The maximum atomic E-state index is 11.5. The van der Waals surface area contributed by atoms with Crippen LogP contribution in [0.25, 0.3) is 0 Å². The van der Waals surface area contributed by atoms with E-state index in [1.807, 2.05) is 6.92 Å². The Balaban J connectivity index is 2.47. The summed E-state index contributed by atoms with van der Waals surface area (Å²) in [7, 11) is -3.85. The van der Waals surface area contributed by atoms with E-state index in [0.29, 0.717) is 17.1 Å². The van der Waals surface area contributed by atoms with Crippen LogP contribution >= 0.6 is 0 Å². The minimum absolute atomic E-state index is 0.0485. The first-order valence-corrected chi connectivity index (χ1v) is 7.35. The van der Waals surface area contributed by atoms with Crippen molar-refractivity contribution in [1.29, 1.82) is 0 Å². The van der Waals surface area contributed by atoms with E-state index in [4.69, 9.17) is 15.6 Å². The molecule has 2 aromatic rings. The Morgan fingerprint density at radius 3 is 2.45 bits per heavy atom. The standard InChI is InChI=1S/C13H15N3O3S/c1-8-3-4-11(7-16-8)19-12-5-10(14)6-13(9(12)2)20(15,17)18/h3-7H,14H2,1-2H3,(H2,15,17,18). The molecule has 0 saturated heterocycles. The first-order chi connectivity index (χ1) is 9.27. The lowest BCUT2D eigenvalue weighted by atomic mass is 10.2. The van der Waals surface area contributed by atoms with Crippen LogP contribution in [0, 0.1) is 13.8 Å². The Morgan fingerprint density at radius 2 is 1.90 bits per heavy atom. The van der Waals surface area contributed by atoms with Gasteiger partial charge in [-0.25, -0.2) is 13.6 Å². The number of hydrogen-bond acceptors (Lipinski definition) is 5. The van der Waals surface area contributed by atoms with Gasteiger partial charge in [-0.05, 0) is 32.0 Å². The Labute approximate surface area is 117 Å². The van der Waals surface area contributed by atoms with Crippen molar-refractivity contribution in [3.63, 3.8) is 0 Å². The van der Waals surface area contributed by atoms with Gasteiger partial charge in [0.15, 0.2) is 0 Å². The molecule has 0 atom stereocenters. The Morgan fingerprint density at radius 1 is 1.20 bits per heavy atom. The third-order valence-electron chi connectivity index (χ3n) is 2.75. The van der Waals surface area contributed by atoms with Gasteiger partial charge in [0.05, 0.1) is 11.1 Å². The van der Waals surface area contributed by atoms with E-state index in [0.717, 1.165) is 5.69 Å². The van der Waals surface area contributed by atoms with Crippen molar-refractivity contribution in [1.82, 2.24) is 4.98 Å². The molecule has 0 radical (unpaired) electrons. The van der Waals surface area contributed by atoms with E-state index in [9.17, 15) is 8.42 Å². The third kappa shape index (κ3) is 3.06. The molecule has 1 heterocycles. The third-order valence-corrected chi connectivity index (χ3v) is 3.79. The van der Waals surface area contributed by atoms with E-state index in [1.54, 1.807) is 31.3 Å². The number of ether oxygens (including phenoxy) is 1. The van der Waals surface area contributed by atoms with Crippen LogP contribution in [0.4, 0.5) is 5.69 Å². The number of primary sulfonamides is 1. The lowest BCUT2D eigenvalue weighted by molar-refractivity contribution is 0.474. The fourth-order valence-electron chi connectivity index (χ4n) is 1.73. The maximum Gasteiger partial charge on any atom is 0.238 e. The summed E-state index contributed by atoms with van der Waals surface area (Å²) in [5, 5.41) is 5.16. The summed E-state index contributed by atoms with van der Waals surface area (Å²) in [4.78, 5) is 4.05. The summed E-state index contributed by atoms with van der Waals surface area (Å²) in [6.07, 6.45) is 1.55. The number of aromatic nitrogens is 1. The molecule has 0 aliphatic heterocycles. The topological polar surface area (TPSA) is 108 Å². The molecule has 0 aliphatic rings. The summed E-state index contributed by atoms with van der Waals surface area (Å²) in [6, 6.07) is 6.38. The van der Waals surface area contributed by atoms with Gasteiger partial charge in [0.25, 0.3) is 0 Å². The zero-order valence-corrected chi connectivity index (χ0v) is 11.9. The molecule has 6 nitrogen and oxygen atoms in total. The number of nitrogens with zero attached hydrogens (tertiary/aromatic N) is 1. The van der Waals surface area contributed by atoms with E-state index in [1.165, 1.54) is 6.07 Å². The van der Waals surface area contributed by atoms with Crippen LogP contribution in [-0.4, -0.2) is 13.4 Å². The summed E-state index contributed by atoms with van der Waals surface area (Å²) in [5.74, 6) is 0.823. The SMILES string of the molecule is Cc1ccc(Oc2cc(N)cc(S(N)(=O)=O)c2C)cn1. The number of sulfonamides is 1. The quantitative estimate of drug-likeness (QED) is 0.837. The van der Waals surface area contributed by atoms with Gasteiger partial charge in [0.2, 0.25) is 10.0 Å². The van der Waals surface area contributed by atoms with E-state index < -0.39 is 10.0 Å². The second-order valence-corrected chi connectivity index (χ2v) is 5.95. The van der Waals surface area contributed by atoms with Crippen LogP contribution in [0.1, 0.15) is 11.3 Å². The molecular weight excluding hydrogens is 278 g/mol. The van der Waals surface area contributed by atoms with Gasteiger partial charge in [-0.1, -0.05) is 0 Å². The summed E-state index contributed by atoms with van der Waals surface area (Å²) in [5.41, 5.74) is 7.20. The fraction of sp³-hybridized carbons (Fsp3) is 0.154. The number of nitrogen functional groups attached to an aromatic ring is 1. The van der Waals surface area contributed by atoms with Crippen molar-refractivity contribution >= 4 is 15.7 Å². The summed E-state index contributed by atoms with van der Waals surface area (Å²) in [6.45, 7) is 3.46. The molecule has 4 N–H and O–H groups in total. The molecule has 0 bridgehead atoms. The molecule has 20 heavy (non-hydrogen) atoms. The predicted octanol–water partition coefficient (Wildman–Crippen LogP) is 1.72. The van der Waals surface area contributed by atoms with E-state index in [2.05, 4.69) is 4.98 Å². The molecule has 1 aromatic carbocycles. The minimum atomic E-state index is -3.85. The van der Waals surface area contributed by atoms with Crippen LogP contribution in [0.2, 0.25) is 0 Å². The molecular formula is C13H15N3O3S. The first kappa shape index (κ1) is 14.3.